The molecule has 6 nitrogen and oxygen atoms in total. The number of aryl methyl sites for hydroxylation is 1. The summed E-state index contributed by atoms with van der Waals surface area (Å²) in [6, 6.07) is 29.4. The van der Waals surface area contributed by atoms with Gasteiger partial charge in [-0.15, -0.1) is 0 Å². The van der Waals surface area contributed by atoms with Crippen molar-refractivity contribution < 1.29 is 23.8 Å². The number of ether oxygens (including phenoxy) is 1. The van der Waals surface area contributed by atoms with E-state index >= 15 is 0 Å². The number of anilines is 1. The van der Waals surface area contributed by atoms with Gasteiger partial charge < -0.3 is 14.3 Å². The first kappa shape index (κ1) is 24.5. The van der Waals surface area contributed by atoms with Gasteiger partial charge >= 0.3 is 0 Å². The summed E-state index contributed by atoms with van der Waals surface area (Å²) in [5.74, 6) is -0.734. The minimum absolute atomic E-state index is 0.00468. The Morgan fingerprint density at radius 3 is 2.44 bits per heavy atom. The van der Waals surface area contributed by atoms with Gasteiger partial charge in [-0.2, -0.15) is 0 Å². The average Bonchev–Trinajstić information content (AvgIpc) is 3.48. The number of fused-ring (bicyclic) bond motifs is 1. The molecule has 0 aliphatic carbocycles. The molecule has 39 heavy (non-hydrogen) atoms. The van der Waals surface area contributed by atoms with Crippen LogP contribution in [-0.2, 0) is 4.79 Å². The Kier molecular flexibility index (Phi) is 6.17. The summed E-state index contributed by atoms with van der Waals surface area (Å²) in [6.07, 6.45) is 0. The lowest BCUT2D eigenvalue weighted by molar-refractivity contribution is -0.117. The summed E-state index contributed by atoms with van der Waals surface area (Å²) in [6.45, 7) is 1.87. The van der Waals surface area contributed by atoms with Crippen molar-refractivity contribution in [3.63, 3.8) is 0 Å². The molecule has 1 aromatic heterocycles. The maximum atomic E-state index is 13.9. The van der Waals surface area contributed by atoms with Gasteiger partial charge in [0.1, 0.15) is 17.1 Å². The topological polar surface area (TPSA) is 80.0 Å². The number of Topliss-reactive ketones (excluding diaryl/α,β-unsaturated/α-hetero) is 1. The molecule has 0 spiro atoms. The molecule has 0 fully saturated rings. The van der Waals surface area contributed by atoms with Crippen molar-refractivity contribution in [3.05, 3.63) is 136 Å². The van der Waals surface area contributed by atoms with Gasteiger partial charge in [-0.25, -0.2) is 0 Å². The summed E-state index contributed by atoms with van der Waals surface area (Å²) >= 11 is 6.12. The van der Waals surface area contributed by atoms with Crippen molar-refractivity contribution in [1.29, 1.82) is 0 Å². The Balaban J connectivity index is 1.48. The van der Waals surface area contributed by atoms with Gasteiger partial charge in [0, 0.05) is 16.1 Å². The fourth-order valence-electron chi connectivity index (χ4n) is 4.87. The third-order valence-electron chi connectivity index (χ3n) is 6.68. The number of benzene rings is 4. The van der Waals surface area contributed by atoms with E-state index in [2.05, 4.69) is 0 Å². The lowest BCUT2D eigenvalue weighted by atomic mass is 9.94. The number of aliphatic hydroxyl groups excluding tert-OH is 1. The van der Waals surface area contributed by atoms with E-state index in [1.165, 1.54) is 4.90 Å². The highest BCUT2D eigenvalue weighted by Gasteiger charge is 2.45. The highest BCUT2D eigenvalue weighted by Crippen LogP contribution is 2.44. The van der Waals surface area contributed by atoms with Crippen LogP contribution in [0.15, 0.2) is 119 Å². The molecular formula is C32H22ClNO5. The lowest BCUT2D eigenvalue weighted by Gasteiger charge is -2.28. The number of carbonyl (C=O) groups is 2. The van der Waals surface area contributed by atoms with Gasteiger partial charge in [-0.05, 0) is 72.6 Å². The molecule has 1 atom stereocenters. The SMILES string of the molecule is Cc1ccccc1N1C(=O)C(O)=C(C(=O)c2cc3cc(Cl)ccc3o2)C1c1cccc(Oc2ccccc2)c1. The second-order valence-electron chi connectivity index (χ2n) is 9.24. The number of amides is 1. The van der Waals surface area contributed by atoms with E-state index in [1.54, 1.807) is 54.6 Å². The molecule has 1 N–H and O–H groups in total. The molecule has 0 bridgehead atoms. The van der Waals surface area contributed by atoms with Crippen LogP contribution in [0.1, 0.15) is 27.7 Å². The van der Waals surface area contributed by atoms with E-state index in [0.29, 0.717) is 38.7 Å². The van der Waals surface area contributed by atoms with Crippen LogP contribution in [0, 0.1) is 6.92 Å². The zero-order valence-electron chi connectivity index (χ0n) is 20.8. The number of hydrogen-bond acceptors (Lipinski definition) is 5. The molecule has 4 aromatic carbocycles. The third kappa shape index (κ3) is 4.45. The Morgan fingerprint density at radius 1 is 0.897 bits per heavy atom. The first-order valence-corrected chi connectivity index (χ1v) is 12.7. The van der Waals surface area contributed by atoms with Gasteiger partial charge in [0.2, 0.25) is 5.78 Å². The monoisotopic (exact) mass is 535 g/mol. The van der Waals surface area contributed by atoms with E-state index in [1.807, 2.05) is 55.5 Å². The second-order valence-corrected chi connectivity index (χ2v) is 9.67. The predicted molar refractivity (Wildman–Crippen MR) is 150 cm³/mol. The molecule has 1 aliphatic heterocycles. The summed E-state index contributed by atoms with van der Waals surface area (Å²) in [4.78, 5) is 28.9. The second kappa shape index (κ2) is 9.82. The molecule has 2 heterocycles. The number of furan rings is 1. The minimum Gasteiger partial charge on any atom is -0.503 e. The van der Waals surface area contributed by atoms with Crippen molar-refractivity contribution in [2.75, 3.05) is 4.90 Å². The molecule has 0 saturated carbocycles. The van der Waals surface area contributed by atoms with E-state index in [0.717, 1.165) is 5.56 Å². The first-order valence-electron chi connectivity index (χ1n) is 12.3. The molecule has 0 radical (unpaired) electrons. The standard InChI is InChI=1S/C32H22ClNO5/c1-19-8-5-6-13-25(19)34-29(20-9-7-12-24(17-20)38-23-10-3-2-4-11-23)28(31(36)32(34)37)30(35)27-18-21-16-22(33)14-15-26(21)39-27/h2-18,29,36H,1H3. The first-order chi connectivity index (χ1) is 18.9. The Labute approximate surface area is 229 Å². The van der Waals surface area contributed by atoms with Crippen molar-refractivity contribution >= 4 is 39.9 Å². The summed E-state index contributed by atoms with van der Waals surface area (Å²) in [5.41, 5.74) is 2.37. The third-order valence-corrected chi connectivity index (χ3v) is 6.92. The number of aliphatic hydroxyl groups is 1. The number of hydrogen-bond donors (Lipinski definition) is 1. The molecule has 1 amide bonds. The summed E-state index contributed by atoms with van der Waals surface area (Å²) in [7, 11) is 0. The van der Waals surface area contributed by atoms with Crippen LogP contribution in [0.2, 0.25) is 5.02 Å². The largest absolute Gasteiger partial charge is 0.503 e. The van der Waals surface area contributed by atoms with Crippen LogP contribution < -0.4 is 9.64 Å². The number of rotatable bonds is 6. The predicted octanol–water partition coefficient (Wildman–Crippen LogP) is 7.97. The molecule has 6 rings (SSSR count). The normalized spacial score (nSPS) is 15.3. The van der Waals surface area contributed by atoms with Crippen molar-refractivity contribution in [3.8, 4) is 11.5 Å². The maximum Gasteiger partial charge on any atom is 0.294 e. The molecule has 1 unspecified atom stereocenters. The lowest BCUT2D eigenvalue weighted by Crippen LogP contribution is -2.31. The van der Waals surface area contributed by atoms with E-state index in [4.69, 9.17) is 20.8 Å². The Morgan fingerprint density at radius 2 is 1.64 bits per heavy atom. The van der Waals surface area contributed by atoms with Crippen molar-refractivity contribution in [2.45, 2.75) is 13.0 Å². The average molecular weight is 536 g/mol. The van der Waals surface area contributed by atoms with Crippen LogP contribution in [-0.4, -0.2) is 16.8 Å². The van der Waals surface area contributed by atoms with Crippen LogP contribution in [0.5, 0.6) is 11.5 Å². The number of ketones is 1. The van der Waals surface area contributed by atoms with Crippen molar-refractivity contribution in [2.24, 2.45) is 0 Å². The van der Waals surface area contributed by atoms with Gasteiger partial charge in [0.15, 0.2) is 11.5 Å². The van der Waals surface area contributed by atoms with Gasteiger partial charge in [0.25, 0.3) is 5.91 Å². The van der Waals surface area contributed by atoms with Gasteiger partial charge in [-0.1, -0.05) is 60.1 Å². The fourth-order valence-corrected chi connectivity index (χ4v) is 5.05. The molecular weight excluding hydrogens is 514 g/mol. The fraction of sp³-hybridized carbons (Fsp3) is 0.0625. The van der Waals surface area contributed by atoms with E-state index < -0.39 is 23.5 Å². The van der Waals surface area contributed by atoms with E-state index in [9.17, 15) is 14.7 Å². The molecule has 5 aromatic rings. The van der Waals surface area contributed by atoms with Gasteiger partial charge in [0.05, 0.1) is 11.6 Å². The summed E-state index contributed by atoms with van der Waals surface area (Å²) < 4.78 is 11.9. The molecule has 0 saturated heterocycles. The molecule has 192 valence electrons. The highest BCUT2D eigenvalue weighted by atomic mass is 35.5. The van der Waals surface area contributed by atoms with E-state index in [-0.39, 0.29) is 11.3 Å². The van der Waals surface area contributed by atoms with Crippen LogP contribution in [0.4, 0.5) is 5.69 Å². The smallest absolute Gasteiger partial charge is 0.294 e. The van der Waals surface area contributed by atoms with Crippen LogP contribution >= 0.6 is 11.6 Å². The Hall–Kier alpha value is -4.81. The molecule has 7 heteroatoms. The maximum absolute atomic E-state index is 13.9. The number of halogens is 1. The highest BCUT2D eigenvalue weighted by molar-refractivity contribution is 6.31. The van der Waals surface area contributed by atoms with Crippen LogP contribution in [0.25, 0.3) is 11.0 Å². The van der Waals surface area contributed by atoms with Crippen LogP contribution in [0.3, 0.4) is 0 Å². The zero-order chi connectivity index (χ0) is 27.1. The number of carbonyl (C=O) groups excluding carboxylic acids is 2. The quantitative estimate of drug-likeness (QED) is 0.223. The summed E-state index contributed by atoms with van der Waals surface area (Å²) in [5, 5.41) is 12.3. The number of para-hydroxylation sites is 2. The zero-order valence-corrected chi connectivity index (χ0v) is 21.6. The minimum atomic E-state index is -0.928. The van der Waals surface area contributed by atoms with Crippen molar-refractivity contribution in [1.82, 2.24) is 0 Å². The molecule has 1 aliphatic rings. The van der Waals surface area contributed by atoms with Gasteiger partial charge in [-0.3, -0.25) is 14.5 Å². The number of nitrogens with zero attached hydrogens (tertiary/aromatic N) is 1. The Bertz CT molecular complexity index is 1770.